The van der Waals surface area contributed by atoms with E-state index in [1.807, 2.05) is 13.0 Å². The first-order valence-electron chi connectivity index (χ1n) is 9.09. The van der Waals surface area contributed by atoms with E-state index in [2.05, 4.69) is 37.5 Å². The van der Waals surface area contributed by atoms with Crippen LogP contribution in [0.25, 0.3) is 0 Å². The molecule has 1 aliphatic rings. The van der Waals surface area contributed by atoms with E-state index in [0.717, 1.165) is 43.7 Å². The molecule has 0 atom stereocenters. The number of methoxy groups -OCH3 is 1. The van der Waals surface area contributed by atoms with Gasteiger partial charge in [-0.2, -0.15) is 0 Å². The SMILES string of the molecule is CCN(c1cc(Cl)cc(C(=O)OC)c1C)C1CCN(C(C)(C)C)CC1. The molecule has 1 aromatic rings. The zero-order chi connectivity index (χ0) is 18.8. The third-order valence-electron chi connectivity index (χ3n) is 5.25. The second-order valence-corrected chi connectivity index (χ2v) is 8.20. The van der Waals surface area contributed by atoms with Crippen LogP contribution in [-0.2, 0) is 4.74 Å². The third kappa shape index (κ3) is 4.48. The summed E-state index contributed by atoms with van der Waals surface area (Å²) in [6.45, 7) is 14.0. The second-order valence-electron chi connectivity index (χ2n) is 7.76. The van der Waals surface area contributed by atoms with Crippen LogP contribution in [0.1, 0.15) is 56.5 Å². The number of anilines is 1. The number of ether oxygens (including phenoxy) is 1. The maximum Gasteiger partial charge on any atom is 0.338 e. The zero-order valence-electron chi connectivity index (χ0n) is 16.4. The molecule has 5 heteroatoms. The van der Waals surface area contributed by atoms with Gasteiger partial charge < -0.3 is 9.64 Å². The Morgan fingerprint density at radius 3 is 2.40 bits per heavy atom. The Hall–Kier alpha value is -1.26. The largest absolute Gasteiger partial charge is 0.465 e. The predicted molar refractivity (Wildman–Crippen MR) is 105 cm³/mol. The highest BCUT2D eigenvalue weighted by atomic mass is 35.5. The molecular weight excluding hydrogens is 336 g/mol. The van der Waals surface area contributed by atoms with E-state index in [1.165, 1.54) is 7.11 Å². The quantitative estimate of drug-likeness (QED) is 0.733. The highest BCUT2D eigenvalue weighted by Crippen LogP contribution is 2.33. The van der Waals surface area contributed by atoms with E-state index >= 15 is 0 Å². The van der Waals surface area contributed by atoms with Crippen molar-refractivity contribution in [3.05, 3.63) is 28.3 Å². The van der Waals surface area contributed by atoms with Crippen molar-refractivity contribution in [1.82, 2.24) is 4.90 Å². The summed E-state index contributed by atoms with van der Waals surface area (Å²) in [7, 11) is 1.40. The van der Waals surface area contributed by atoms with Gasteiger partial charge in [-0.1, -0.05) is 11.6 Å². The summed E-state index contributed by atoms with van der Waals surface area (Å²) < 4.78 is 4.91. The first-order valence-corrected chi connectivity index (χ1v) is 9.47. The number of carbonyl (C=O) groups is 1. The van der Waals surface area contributed by atoms with Crippen molar-refractivity contribution >= 4 is 23.3 Å². The summed E-state index contributed by atoms with van der Waals surface area (Å²) >= 11 is 6.30. The molecule has 4 nitrogen and oxygen atoms in total. The summed E-state index contributed by atoms with van der Waals surface area (Å²) in [5, 5.41) is 0.576. The number of nitrogens with zero attached hydrogens (tertiary/aromatic N) is 2. The molecule has 1 aromatic carbocycles. The lowest BCUT2D eigenvalue weighted by Crippen LogP contribution is -2.51. The molecule has 0 spiro atoms. The molecule has 0 radical (unpaired) electrons. The molecule has 0 bridgehead atoms. The van der Waals surface area contributed by atoms with Crippen LogP contribution in [0.5, 0.6) is 0 Å². The van der Waals surface area contributed by atoms with Crippen molar-refractivity contribution in [3.63, 3.8) is 0 Å². The summed E-state index contributed by atoms with van der Waals surface area (Å²) in [4.78, 5) is 17.0. The molecule has 2 rings (SSSR count). The van der Waals surface area contributed by atoms with Crippen LogP contribution in [0.15, 0.2) is 12.1 Å². The Balaban J connectivity index is 2.27. The topological polar surface area (TPSA) is 32.8 Å². The van der Waals surface area contributed by atoms with Crippen LogP contribution in [0.4, 0.5) is 5.69 Å². The van der Waals surface area contributed by atoms with E-state index in [0.29, 0.717) is 16.6 Å². The number of esters is 1. The molecule has 140 valence electrons. The molecule has 1 heterocycles. The van der Waals surface area contributed by atoms with Crippen LogP contribution in [0, 0.1) is 6.92 Å². The van der Waals surface area contributed by atoms with Crippen LogP contribution in [0.3, 0.4) is 0 Å². The molecule has 25 heavy (non-hydrogen) atoms. The van der Waals surface area contributed by atoms with Crippen molar-refractivity contribution in [2.45, 2.75) is 59.0 Å². The molecule has 0 unspecified atom stereocenters. The van der Waals surface area contributed by atoms with Crippen LogP contribution in [0.2, 0.25) is 5.02 Å². The Morgan fingerprint density at radius 1 is 1.32 bits per heavy atom. The number of piperidine rings is 1. The summed E-state index contributed by atoms with van der Waals surface area (Å²) in [6, 6.07) is 4.14. The van der Waals surface area contributed by atoms with E-state index < -0.39 is 0 Å². The lowest BCUT2D eigenvalue weighted by atomic mass is 9.95. The number of hydrogen-bond donors (Lipinski definition) is 0. The standard InChI is InChI=1S/C20H31ClN2O2/c1-7-23(16-8-10-22(11-9-16)20(3,4)5)18-13-15(21)12-17(14(18)2)19(24)25-6/h12-13,16H,7-11H2,1-6H3. The summed E-state index contributed by atoms with van der Waals surface area (Å²) in [5.74, 6) is -0.333. The monoisotopic (exact) mass is 366 g/mol. The predicted octanol–water partition coefficient (Wildman–Crippen LogP) is 4.52. The molecular formula is C20H31ClN2O2. The van der Waals surface area contributed by atoms with Crippen molar-refractivity contribution in [2.24, 2.45) is 0 Å². The van der Waals surface area contributed by atoms with Crippen LogP contribution >= 0.6 is 11.6 Å². The minimum Gasteiger partial charge on any atom is -0.465 e. The lowest BCUT2D eigenvalue weighted by molar-refractivity contribution is 0.0600. The minimum atomic E-state index is -0.333. The summed E-state index contributed by atoms with van der Waals surface area (Å²) in [5.41, 5.74) is 2.75. The van der Waals surface area contributed by atoms with Crippen LogP contribution < -0.4 is 4.90 Å². The fraction of sp³-hybridized carbons (Fsp3) is 0.650. The first kappa shape index (κ1) is 20.1. The average molecular weight is 367 g/mol. The molecule has 0 saturated carbocycles. The molecule has 0 amide bonds. The van der Waals surface area contributed by atoms with Gasteiger partial charge >= 0.3 is 5.97 Å². The average Bonchev–Trinajstić information content (AvgIpc) is 2.57. The third-order valence-corrected chi connectivity index (χ3v) is 5.47. The maximum atomic E-state index is 12.1. The number of likely N-dealkylation sites (tertiary alicyclic amines) is 1. The Morgan fingerprint density at radius 2 is 1.92 bits per heavy atom. The maximum absolute atomic E-state index is 12.1. The van der Waals surface area contributed by atoms with Gasteiger partial charge in [0.2, 0.25) is 0 Å². The number of carbonyl (C=O) groups excluding carboxylic acids is 1. The molecule has 0 aliphatic carbocycles. The highest BCUT2D eigenvalue weighted by Gasteiger charge is 2.30. The number of halogens is 1. The molecule has 1 saturated heterocycles. The van der Waals surface area contributed by atoms with Gasteiger partial charge in [0.05, 0.1) is 12.7 Å². The second kappa shape index (κ2) is 7.96. The van der Waals surface area contributed by atoms with E-state index in [4.69, 9.17) is 16.3 Å². The molecule has 0 N–H and O–H groups in total. The van der Waals surface area contributed by atoms with Gasteiger partial charge in [-0.3, -0.25) is 4.90 Å². The van der Waals surface area contributed by atoms with Crippen molar-refractivity contribution < 1.29 is 9.53 Å². The zero-order valence-corrected chi connectivity index (χ0v) is 17.1. The lowest BCUT2D eigenvalue weighted by Gasteiger charge is -2.44. The highest BCUT2D eigenvalue weighted by molar-refractivity contribution is 6.31. The van der Waals surface area contributed by atoms with Gasteiger partial charge in [0.1, 0.15) is 0 Å². The normalized spacial score (nSPS) is 16.8. The Kier molecular flexibility index (Phi) is 6.39. The first-order chi connectivity index (χ1) is 11.7. The smallest absolute Gasteiger partial charge is 0.338 e. The van der Waals surface area contributed by atoms with E-state index in [-0.39, 0.29) is 11.5 Å². The fourth-order valence-electron chi connectivity index (χ4n) is 3.76. The van der Waals surface area contributed by atoms with Gasteiger partial charge in [0.25, 0.3) is 0 Å². The van der Waals surface area contributed by atoms with Gasteiger partial charge in [-0.15, -0.1) is 0 Å². The molecule has 1 aliphatic heterocycles. The molecule has 1 fully saturated rings. The van der Waals surface area contributed by atoms with Crippen molar-refractivity contribution in [2.75, 3.05) is 31.6 Å². The Bertz CT molecular complexity index is 617. The van der Waals surface area contributed by atoms with Gasteiger partial charge in [-0.05, 0) is 65.2 Å². The van der Waals surface area contributed by atoms with Crippen molar-refractivity contribution in [1.29, 1.82) is 0 Å². The van der Waals surface area contributed by atoms with E-state index in [9.17, 15) is 4.79 Å². The minimum absolute atomic E-state index is 0.214. The van der Waals surface area contributed by atoms with E-state index in [1.54, 1.807) is 6.07 Å². The van der Waals surface area contributed by atoms with Crippen LogP contribution in [-0.4, -0.2) is 49.2 Å². The van der Waals surface area contributed by atoms with Crippen molar-refractivity contribution in [3.8, 4) is 0 Å². The van der Waals surface area contributed by atoms with Gasteiger partial charge in [-0.25, -0.2) is 4.79 Å². The summed E-state index contributed by atoms with van der Waals surface area (Å²) in [6.07, 6.45) is 2.23. The van der Waals surface area contributed by atoms with Gasteiger partial charge in [0.15, 0.2) is 0 Å². The number of rotatable bonds is 4. The van der Waals surface area contributed by atoms with Gasteiger partial charge in [0, 0.05) is 41.9 Å². The number of hydrogen-bond acceptors (Lipinski definition) is 4. The molecule has 0 aromatic heterocycles. The number of benzene rings is 1. The Labute approximate surface area is 157 Å². The fourth-order valence-corrected chi connectivity index (χ4v) is 3.97.